The van der Waals surface area contributed by atoms with E-state index in [1.165, 1.54) is 0 Å². The van der Waals surface area contributed by atoms with E-state index in [2.05, 4.69) is 5.32 Å². The van der Waals surface area contributed by atoms with Crippen LogP contribution in [0.15, 0.2) is 0 Å². The van der Waals surface area contributed by atoms with Gasteiger partial charge in [0, 0.05) is 19.1 Å². The number of aliphatic hydroxyl groups is 1. The van der Waals surface area contributed by atoms with Crippen molar-refractivity contribution in [2.75, 3.05) is 13.2 Å². The summed E-state index contributed by atoms with van der Waals surface area (Å²) in [5.41, 5.74) is 0. The Kier molecular flexibility index (Phi) is 2.26. The number of rotatable bonds is 3. The Hall–Kier alpha value is -0.610. The van der Waals surface area contributed by atoms with E-state index in [9.17, 15) is 4.79 Å². The molecular formula is C9H15NO3. The zero-order valence-electron chi connectivity index (χ0n) is 7.69. The normalized spacial score (nSPS) is 38.2. The van der Waals surface area contributed by atoms with Gasteiger partial charge in [0.1, 0.15) is 0 Å². The molecule has 1 aliphatic heterocycles. The van der Waals surface area contributed by atoms with Gasteiger partial charge in [-0.2, -0.15) is 0 Å². The first-order valence-electron chi connectivity index (χ1n) is 4.77. The minimum atomic E-state index is -0.469. The molecule has 74 valence electrons. The molecule has 4 atom stereocenters. The lowest BCUT2D eigenvalue weighted by atomic mass is 10.2. The number of ether oxygens (including phenoxy) is 1. The zero-order chi connectivity index (χ0) is 9.42. The summed E-state index contributed by atoms with van der Waals surface area (Å²) in [6, 6.07) is 0. The molecule has 2 aliphatic rings. The second-order valence-electron chi connectivity index (χ2n) is 3.91. The Morgan fingerprint density at radius 2 is 2.54 bits per heavy atom. The number of nitrogens with one attached hydrogen (secondary N) is 1. The minimum Gasteiger partial charge on any atom is -0.392 e. The lowest BCUT2D eigenvalue weighted by Gasteiger charge is -2.07. The number of hydrogen-bond acceptors (Lipinski definition) is 3. The smallest absolute Gasteiger partial charge is 0.226 e. The second-order valence-corrected chi connectivity index (χ2v) is 3.91. The van der Waals surface area contributed by atoms with Crippen molar-refractivity contribution in [3.63, 3.8) is 0 Å². The summed E-state index contributed by atoms with van der Waals surface area (Å²) in [6.45, 7) is 2.80. The topological polar surface area (TPSA) is 58.6 Å². The van der Waals surface area contributed by atoms with Gasteiger partial charge in [0.15, 0.2) is 0 Å². The Bertz CT molecular complexity index is 207. The number of amides is 1. The molecule has 0 aromatic carbocycles. The summed E-state index contributed by atoms with van der Waals surface area (Å²) < 4.78 is 5.34. The summed E-state index contributed by atoms with van der Waals surface area (Å²) in [4.78, 5) is 11.4. The van der Waals surface area contributed by atoms with E-state index in [-0.39, 0.29) is 17.9 Å². The molecule has 13 heavy (non-hydrogen) atoms. The first kappa shape index (κ1) is 8.97. The van der Waals surface area contributed by atoms with E-state index >= 15 is 0 Å². The molecule has 2 fully saturated rings. The van der Waals surface area contributed by atoms with Crippen LogP contribution >= 0.6 is 0 Å². The van der Waals surface area contributed by atoms with Crippen LogP contribution in [0, 0.1) is 11.8 Å². The van der Waals surface area contributed by atoms with Gasteiger partial charge in [-0.15, -0.1) is 0 Å². The first-order valence-corrected chi connectivity index (χ1v) is 4.77. The van der Waals surface area contributed by atoms with Crippen LogP contribution in [0.25, 0.3) is 0 Å². The van der Waals surface area contributed by atoms with Gasteiger partial charge < -0.3 is 15.2 Å². The van der Waals surface area contributed by atoms with Crippen LogP contribution in [0.2, 0.25) is 0 Å². The van der Waals surface area contributed by atoms with E-state index in [1.807, 2.05) is 0 Å². The van der Waals surface area contributed by atoms with Crippen LogP contribution in [0.1, 0.15) is 13.3 Å². The van der Waals surface area contributed by atoms with E-state index in [0.717, 1.165) is 13.0 Å². The van der Waals surface area contributed by atoms with E-state index in [4.69, 9.17) is 9.84 Å². The fourth-order valence-electron chi connectivity index (χ4n) is 1.96. The molecule has 4 nitrogen and oxygen atoms in total. The maximum atomic E-state index is 11.4. The minimum absolute atomic E-state index is 0.0376. The number of carbonyl (C=O) groups excluding carboxylic acids is 1. The molecule has 0 bridgehead atoms. The molecule has 3 unspecified atom stereocenters. The third-order valence-electron chi connectivity index (χ3n) is 2.73. The van der Waals surface area contributed by atoms with Gasteiger partial charge in [-0.3, -0.25) is 4.79 Å². The monoisotopic (exact) mass is 185 g/mol. The standard InChI is InChI=1S/C9H15NO3/c1-5(11)4-10-9(12)7-6-2-3-13-8(6)7/h5-8,11H,2-4H2,1H3,(H,10,12)/t5-,6?,7?,8?/m1/s1. The van der Waals surface area contributed by atoms with Gasteiger partial charge in [0.25, 0.3) is 0 Å². The van der Waals surface area contributed by atoms with Crippen LogP contribution < -0.4 is 5.32 Å². The quantitative estimate of drug-likeness (QED) is 0.624. The predicted octanol–water partition coefficient (Wildman–Crippen LogP) is -0.482. The van der Waals surface area contributed by atoms with E-state index < -0.39 is 6.10 Å². The van der Waals surface area contributed by atoms with Crippen molar-refractivity contribution in [3.05, 3.63) is 0 Å². The SMILES string of the molecule is C[C@@H](O)CNC(=O)C1C2CCOC21. The van der Waals surface area contributed by atoms with Crippen molar-refractivity contribution in [3.8, 4) is 0 Å². The lowest BCUT2D eigenvalue weighted by molar-refractivity contribution is -0.124. The molecule has 0 aromatic rings. The predicted molar refractivity (Wildman–Crippen MR) is 46.0 cm³/mol. The fraction of sp³-hybridized carbons (Fsp3) is 0.889. The van der Waals surface area contributed by atoms with Crippen molar-refractivity contribution in [1.29, 1.82) is 0 Å². The Labute approximate surface area is 77.3 Å². The highest BCUT2D eigenvalue weighted by Crippen LogP contribution is 2.48. The molecule has 0 aromatic heterocycles. The molecule has 4 heteroatoms. The van der Waals surface area contributed by atoms with Crippen molar-refractivity contribution >= 4 is 5.91 Å². The molecular weight excluding hydrogens is 170 g/mol. The summed E-state index contributed by atoms with van der Waals surface area (Å²) in [6.07, 6.45) is 0.717. The van der Waals surface area contributed by atoms with Gasteiger partial charge in [-0.05, 0) is 13.3 Å². The summed E-state index contributed by atoms with van der Waals surface area (Å²) in [7, 11) is 0. The van der Waals surface area contributed by atoms with Crippen LogP contribution in [-0.4, -0.2) is 36.4 Å². The molecule has 0 radical (unpaired) electrons. The highest BCUT2D eigenvalue weighted by Gasteiger charge is 2.58. The summed E-state index contributed by atoms with van der Waals surface area (Å²) in [5, 5.41) is 11.7. The van der Waals surface area contributed by atoms with Gasteiger partial charge in [0.05, 0.1) is 18.1 Å². The third kappa shape index (κ3) is 1.69. The lowest BCUT2D eigenvalue weighted by Crippen LogP contribution is -2.33. The molecule has 1 heterocycles. The van der Waals surface area contributed by atoms with Gasteiger partial charge >= 0.3 is 0 Å². The van der Waals surface area contributed by atoms with Crippen LogP contribution in [0.5, 0.6) is 0 Å². The average Bonchev–Trinajstić information content (AvgIpc) is 2.56. The van der Waals surface area contributed by atoms with Gasteiger partial charge in [0.2, 0.25) is 5.91 Å². The van der Waals surface area contributed by atoms with E-state index in [0.29, 0.717) is 12.5 Å². The first-order chi connectivity index (χ1) is 6.20. The molecule has 1 saturated heterocycles. The van der Waals surface area contributed by atoms with Crippen LogP contribution in [-0.2, 0) is 9.53 Å². The number of carbonyl (C=O) groups is 1. The zero-order valence-corrected chi connectivity index (χ0v) is 7.69. The van der Waals surface area contributed by atoms with Crippen molar-refractivity contribution in [1.82, 2.24) is 5.32 Å². The molecule has 1 amide bonds. The molecule has 2 N–H and O–H groups in total. The van der Waals surface area contributed by atoms with Crippen molar-refractivity contribution < 1.29 is 14.6 Å². The highest BCUT2D eigenvalue weighted by molar-refractivity contribution is 5.83. The van der Waals surface area contributed by atoms with Crippen molar-refractivity contribution in [2.24, 2.45) is 11.8 Å². The van der Waals surface area contributed by atoms with Crippen LogP contribution in [0.4, 0.5) is 0 Å². The van der Waals surface area contributed by atoms with Crippen LogP contribution in [0.3, 0.4) is 0 Å². The molecule has 1 saturated carbocycles. The Morgan fingerprint density at radius 3 is 3.08 bits per heavy atom. The molecule has 2 rings (SSSR count). The average molecular weight is 185 g/mol. The largest absolute Gasteiger partial charge is 0.392 e. The third-order valence-corrected chi connectivity index (χ3v) is 2.73. The summed E-state index contributed by atoms with van der Waals surface area (Å²) in [5.74, 6) is 0.553. The number of aliphatic hydroxyl groups excluding tert-OH is 1. The Balaban J connectivity index is 1.74. The Morgan fingerprint density at radius 1 is 1.77 bits per heavy atom. The number of fused-ring (bicyclic) bond motifs is 1. The molecule has 0 spiro atoms. The highest BCUT2D eigenvalue weighted by atomic mass is 16.5. The maximum absolute atomic E-state index is 11.4. The maximum Gasteiger partial charge on any atom is 0.226 e. The number of hydrogen-bond donors (Lipinski definition) is 2. The summed E-state index contributed by atoms with van der Waals surface area (Å²) >= 11 is 0. The van der Waals surface area contributed by atoms with Gasteiger partial charge in [-0.25, -0.2) is 0 Å². The van der Waals surface area contributed by atoms with Gasteiger partial charge in [-0.1, -0.05) is 0 Å². The second kappa shape index (κ2) is 3.27. The van der Waals surface area contributed by atoms with Crippen molar-refractivity contribution in [2.45, 2.75) is 25.6 Å². The fourth-order valence-corrected chi connectivity index (χ4v) is 1.96. The van der Waals surface area contributed by atoms with E-state index in [1.54, 1.807) is 6.92 Å². The molecule has 1 aliphatic carbocycles.